The van der Waals surface area contributed by atoms with Crippen molar-refractivity contribution in [3.63, 3.8) is 0 Å². The Labute approximate surface area is 149 Å². The van der Waals surface area contributed by atoms with Gasteiger partial charge in [0.2, 0.25) is 0 Å². The van der Waals surface area contributed by atoms with Crippen molar-refractivity contribution >= 4 is 39.3 Å². The molecule has 0 bridgehead atoms. The van der Waals surface area contributed by atoms with E-state index < -0.39 is 5.60 Å². The number of hydrogen-bond acceptors (Lipinski definition) is 4. The normalized spacial score (nSPS) is 18.1. The fraction of sp³-hybridized carbons (Fsp3) is 0.562. The molecule has 3 rings (SSSR count). The van der Waals surface area contributed by atoms with E-state index in [0.29, 0.717) is 24.7 Å². The van der Waals surface area contributed by atoms with Crippen LogP contribution in [0, 0.1) is 0 Å². The Hall–Kier alpha value is -1.14. The molecule has 126 valence electrons. The van der Waals surface area contributed by atoms with Crippen LogP contribution < -0.4 is 9.64 Å². The Kier molecular flexibility index (Phi) is 4.40. The summed E-state index contributed by atoms with van der Waals surface area (Å²) in [6.45, 7) is 8.35. The first-order valence-electron chi connectivity index (χ1n) is 7.61. The summed E-state index contributed by atoms with van der Waals surface area (Å²) in [5.74, 6) is 0.784. The number of amides is 1. The van der Waals surface area contributed by atoms with Crippen molar-refractivity contribution in [1.29, 1.82) is 0 Å². The van der Waals surface area contributed by atoms with Gasteiger partial charge in [-0.05, 0) is 42.8 Å². The molecule has 0 atom stereocenters. The Bertz CT molecular complexity index is 626. The number of benzene rings is 1. The monoisotopic (exact) mass is 402 g/mol. The van der Waals surface area contributed by atoms with E-state index in [0.717, 1.165) is 22.5 Å². The van der Waals surface area contributed by atoms with Crippen molar-refractivity contribution in [2.75, 3.05) is 31.1 Å². The van der Waals surface area contributed by atoms with Crippen LogP contribution in [-0.2, 0) is 4.74 Å². The van der Waals surface area contributed by atoms with Crippen molar-refractivity contribution < 1.29 is 14.3 Å². The van der Waals surface area contributed by atoms with E-state index in [1.165, 1.54) is 0 Å². The fourth-order valence-electron chi connectivity index (χ4n) is 2.79. The number of carbonyl (C=O) groups excluding carboxylic acids is 1. The molecule has 1 fully saturated rings. The Morgan fingerprint density at radius 3 is 2.74 bits per heavy atom. The number of fused-ring (bicyclic) bond motifs is 1. The van der Waals surface area contributed by atoms with E-state index in [2.05, 4.69) is 20.8 Å². The second-order valence-electron chi connectivity index (χ2n) is 6.82. The number of nitrogens with zero attached hydrogens (tertiary/aromatic N) is 2. The molecule has 0 radical (unpaired) electrons. The molecule has 0 spiro atoms. The van der Waals surface area contributed by atoms with Crippen molar-refractivity contribution in [2.24, 2.45) is 0 Å². The number of halogens is 2. The number of anilines is 1. The maximum Gasteiger partial charge on any atom is 0.410 e. The first-order valence-corrected chi connectivity index (χ1v) is 8.78. The van der Waals surface area contributed by atoms with Gasteiger partial charge >= 0.3 is 6.09 Å². The molecule has 5 nitrogen and oxygen atoms in total. The van der Waals surface area contributed by atoms with E-state index >= 15 is 0 Å². The van der Waals surface area contributed by atoms with E-state index in [4.69, 9.17) is 21.1 Å². The first kappa shape index (κ1) is 16.7. The lowest BCUT2D eigenvalue weighted by Gasteiger charge is -2.48. The van der Waals surface area contributed by atoms with Crippen LogP contribution in [0.2, 0.25) is 5.02 Å². The van der Waals surface area contributed by atoms with Crippen LogP contribution >= 0.6 is 27.5 Å². The molecule has 2 aliphatic heterocycles. The lowest BCUT2D eigenvalue weighted by Crippen LogP contribution is -2.63. The highest BCUT2D eigenvalue weighted by atomic mass is 79.9. The highest BCUT2D eigenvalue weighted by molar-refractivity contribution is 9.10. The molecule has 1 saturated heterocycles. The lowest BCUT2D eigenvalue weighted by atomic mass is 10.1. The molecule has 2 aliphatic rings. The van der Waals surface area contributed by atoms with E-state index in [1.54, 1.807) is 4.90 Å². The second-order valence-corrected chi connectivity index (χ2v) is 8.11. The predicted molar refractivity (Wildman–Crippen MR) is 93.6 cm³/mol. The number of carbonyl (C=O) groups is 1. The molecule has 0 aliphatic carbocycles. The van der Waals surface area contributed by atoms with Gasteiger partial charge in [-0.1, -0.05) is 11.6 Å². The highest BCUT2D eigenvalue weighted by Gasteiger charge is 2.39. The largest absolute Gasteiger partial charge is 0.489 e. The van der Waals surface area contributed by atoms with Crippen molar-refractivity contribution in [3.05, 3.63) is 21.6 Å². The van der Waals surface area contributed by atoms with E-state index in [1.807, 2.05) is 32.9 Å². The van der Waals surface area contributed by atoms with Gasteiger partial charge < -0.3 is 19.3 Å². The number of rotatable bonds is 1. The summed E-state index contributed by atoms with van der Waals surface area (Å²) in [5, 5.41) is 0.640. The summed E-state index contributed by atoms with van der Waals surface area (Å²) in [5.41, 5.74) is 0.544. The lowest BCUT2D eigenvalue weighted by molar-refractivity contribution is 0.00770. The summed E-state index contributed by atoms with van der Waals surface area (Å²) >= 11 is 9.65. The van der Waals surface area contributed by atoms with Crippen LogP contribution in [0.4, 0.5) is 10.5 Å². The summed E-state index contributed by atoms with van der Waals surface area (Å²) < 4.78 is 12.0. The molecular weight excluding hydrogens is 384 g/mol. The van der Waals surface area contributed by atoms with Crippen LogP contribution in [0.3, 0.4) is 0 Å². The van der Waals surface area contributed by atoms with Crippen LogP contribution in [0.5, 0.6) is 5.75 Å². The summed E-state index contributed by atoms with van der Waals surface area (Å²) in [6.07, 6.45) is -0.252. The molecule has 7 heteroatoms. The molecular formula is C16H20BrClN2O3. The summed E-state index contributed by atoms with van der Waals surface area (Å²) in [4.78, 5) is 16.1. The van der Waals surface area contributed by atoms with Crippen LogP contribution in [0.1, 0.15) is 20.8 Å². The molecule has 2 heterocycles. The molecule has 1 aromatic rings. The topological polar surface area (TPSA) is 42.0 Å². The van der Waals surface area contributed by atoms with Gasteiger partial charge in [-0.3, -0.25) is 0 Å². The van der Waals surface area contributed by atoms with E-state index in [9.17, 15) is 4.79 Å². The zero-order valence-corrected chi connectivity index (χ0v) is 15.8. The predicted octanol–water partition coefficient (Wildman–Crippen LogP) is 3.92. The van der Waals surface area contributed by atoms with Crippen LogP contribution in [0.15, 0.2) is 16.6 Å². The fourth-order valence-corrected chi connectivity index (χ4v) is 3.80. The van der Waals surface area contributed by atoms with Crippen molar-refractivity contribution in [3.8, 4) is 5.75 Å². The molecule has 1 amide bonds. The van der Waals surface area contributed by atoms with Crippen LogP contribution in [-0.4, -0.2) is 48.9 Å². The van der Waals surface area contributed by atoms with Crippen LogP contribution in [0.25, 0.3) is 0 Å². The highest BCUT2D eigenvalue weighted by Crippen LogP contribution is 2.42. The van der Waals surface area contributed by atoms with Crippen molar-refractivity contribution in [1.82, 2.24) is 4.90 Å². The van der Waals surface area contributed by atoms with E-state index in [-0.39, 0.29) is 12.1 Å². The zero-order valence-electron chi connectivity index (χ0n) is 13.4. The zero-order chi connectivity index (χ0) is 16.8. The van der Waals surface area contributed by atoms with Gasteiger partial charge in [-0.25, -0.2) is 4.79 Å². The third-order valence-electron chi connectivity index (χ3n) is 3.82. The van der Waals surface area contributed by atoms with Gasteiger partial charge in [-0.2, -0.15) is 0 Å². The molecule has 0 saturated carbocycles. The summed E-state index contributed by atoms with van der Waals surface area (Å²) in [6, 6.07) is 3.97. The third-order valence-corrected chi connectivity index (χ3v) is 4.65. The average molecular weight is 404 g/mol. The van der Waals surface area contributed by atoms with Gasteiger partial charge in [-0.15, -0.1) is 0 Å². The summed E-state index contributed by atoms with van der Waals surface area (Å²) in [7, 11) is 0. The molecule has 23 heavy (non-hydrogen) atoms. The van der Waals surface area contributed by atoms with Gasteiger partial charge in [0.25, 0.3) is 0 Å². The Balaban J connectivity index is 1.69. The minimum Gasteiger partial charge on any atom is -0.489 e. The number of hydrogen-bond donors (Lipinski definition) is 0. The van der Waals surface area contributed by atoms with Gasteiger partial charge in [0.05, 0.1) is 18.3 Å². The average Bonchev–Trinajstić information content (AvgIpc) is 2.33. The number of likely N-dealkylation sites (tertiary alicyclic amines) is 1. The molecule has 1 aromatic carbocycles. The van der Waals surface area contributed by atoms with Gasteiger partial charge in [0, 0.05) is 28.7 Å². The third kappa shape index (κ3) is 3.53. The standard InChI is InChI=1S/C16H20BrClN2O3/c1-16(2,3)23-15(21)19-8-11(9-19)20-4-5-22-13-7-10(18)6-12(17)14(13)20/h6-7,11H,4-5,8-9H2,1-3H3. The maximum absolute atomic E-state index is 12.1. The van der Waals surface area contributed by atoms with Gasteiger partial charge in [0.1, 0.15) is 18.0 Å². The first-order chi connectivity index (χ1) is 10.7. The molecule has 0 unspecified atom stereocenters. The number of ether oxygens (including phenoxy) is 2. The maximum atomic E-state index is 12.1. The molecule has 0 aromatic heterocycles. The Morgan fingerprint density at radius 1 is 1.39 bits per heavy atom. The molecule has 0 N–H and O–H groups in total. The quantitative estimate of drug-likeness (QED) is 0.713. The Morgan fingerprint density at radius 2 is 2.09 bits per heavy atom. The SMILES string of the molecule is CC(C)(C)OC(=O)N1CC(N2CCOc3cc(Cl)cc(Br)c32)C1. The minimum atomic E-state index is -0.465. The van der Waals surface area contributed by atoms with Crippen molar-refractivity contribution in [2.45, 2.75) is 32.4 Å². The minimum absolute atomic E-state index is 0.252. The second kappa shape index (κ2) is 6.06. The van der Waals surface area contributed by atoms with Gasteiger partial charge in [0.15, 0.2) is 0 Å². The smallest absolute Gasteiger partial charge is 0.410 e.